The number of rotatable bonds is 5. The molecule has 2 aromatic heterocycles. The van der Waals surface area contributed by atoms with E-state index >= 15 is 0 Å². The van der Waals surface area contributed by atoms with Crippen LogP contribution in [0.4, 0.5) is 4.79 Å². The van der Waals surface area contributed by atoms with E-state index in [-0.39, 0.29) is 18.0 Å². The van der Waals surface area contributed by atoms with E-state index in [1.54, 1.807) is 24.6 Å². The molecule has 0 saturated heterocycles. The molecule has 2 aromatic rings. The van der Waals surface area contributed by atoms with Gasteiger partial charge in [0.25, 0.3) is 5.91 Å². The normalized spacial score (nSPS) is 19.9. The first-order valence-electron chi connectivity index (χ1n) is 8.64. The maximum Gasteiger partial charge on any atom is 0.319 e. The number of hydrogen-bond donors (Lipinski definition) is 3. The zero-order valence-electron chi connectivity index (χ0n) is 14.7. The summed E-state index contributed by atoms with van der Waals surface area (Å²) in [6.45, 7) is 4.25. The third kappa shape index (κ3) is 3.12. The van der Waals surface area contributed by atoms with Crippen molar-refractivity contribution in [1.82, 2.24) is 25.5 Å². The SMILES string of the molecule is CC1=C(C(=O)N(Cc2ccsc2)C2CC2)[C@@H](c2nc[nH]c2C)NC(=O)N1. The van der Waals surface area contributed by atoms with Gasteiger partial charge in [-0.05, 0) is 49.1 Å². The molecule has 7 nitrogen and oxygen atoms in total. The zero-order valence-corrected chi connectivity index (χ0v) is 15.5. The van der Waals surface area contributed by atoms with Crippen molar-refractivity contribution in [3.63, 3.8) is 0 Å². The lowest BCUT2D eigenvalue weighted by Crippen LogP contribution is -2.48. The number of aryl methyl sites for hydroxylation is 1. The Morgan fingerprint density at radius 2 is 2.19 bits per heavy atom. The third-order valence-electron chi connectivity index (χ3n) is 4.82. The van der Waals surface area contributed by atoms with Gasteiger partial charge in [-0.25, -0.2) is 9.78 Å². The van der Waals surface area contributed by atoms with Crippen molar-refractivity contribution in [2.24, 2.45) is 0 Å². The number of carbonyl (C=O) groups is 2. The molecule has 1 aliphatic carbocycles. The van der Waals surface area contributed by atoms with Gasteiger partial charge >= 0.3 is 6.03 Å². The molecule has 136 valence electrons. The fourth-order valence-corrected chi connectivity index (χ4v) is 3.99. The highest BCUT2D eigenvalue weighted by molar-refractivity contribution is 7.07. The van der Waals surface area contributed by atoms with Crippen molar-refractivity contribution >= 4 is 23.3 Å². The minimum atomic E-state index is -0.550. The Hall–Kier alpha value is -2.61. The van der Waals surface area contributed by atoms with Crippen LogP contribution in [0.1, 0.15) is 42.8 Å². The Bertz CT molecular complexity index is 866. The van der Waals surface area contributed by atoms with Crippen LogP contribution in [-0.2, 0) is 11.3 Å². The monoisotopic (exact) mass is 371 g/mol. The summed E-state index contributed by atoms with van der Waals surface area (Å²) in [6, 6.07) is 1.44. The van der Waals surface area contributed by atoms with Crippen molar-refractivity contribution < 1.29 is 9.59 Å². The van der Waals surface area contributed by atoms with Crippen molar-refractivity contribution in [1.29, 1.82) is 0 Å². The highest BCUT2D eigenvalue weighted by atomic mass is 32.1. The topological polar surface area (TPSA) is 90.1 Å². The Kier molecular flexibility index (Phi) is 4.28. The number of imidazole rings is 1. The van der Waals surface area contributed by atoms with Gasteiger partial charge in [0.2, 0.25) is 0 Å². The molecule has 1 aliphatic heterocycles. The highest BCUT2D eigenvalue weighted by Crippen LogP contribution is 2.34. The van der Waals surface area contributed by atoms with Crippen LogP contribution < -0.4 is 10.6 Å². The minimum absolute atomic E-state index is 0.0453. The predicted molar refractivity (Wildman–Crippen MR) is 98.3 cm³/mol. The number of amides is 3. The molecule has 3 heterocycles. The first kappa shape index (κ1) is 16.8. The number of urea groups is 1. The van der Waals surface area contributed by atoms with E-state index < -0.39 is 6.04 Å². The van der Waals surface area contributed by atoms with Gasteiger partial charge in [-0.15, -0.1) is 0 Å². The van der Waals surface area contributed by atoms with Gasteiger partial charge in [-0.1, -0.05) is 0 Å². The first-order chi connectivity index (χ1) is 12.5. The van der Waals surface area contributed by atoms with Crippen LogP contribution in [0.2, 0.25) is 0 Å². The summed E-state index contributed by atoms with van der Waals surface area (Å²) in [5, 5.41) is 9.69. The van der Waals surface area contributed by atoms with Crippen molar-refractivity contribution in [2.75, 3.05) is 0 Å². The van der Waals surface area contributed by atoms with E-state index in [1.807, 2.05) is 23.3 Å². The quantitative estimate of drug-likeness (QED) is 0.755. The fraction of sp³-hybridized carbons (Fsp3) is 0.389. The summed E-state index contributed by atoms with van der Waals surface area (Å²) in [5.74, 6) is -0.0453. The van der Waals surface area contributed by atoms with Crippen LogP contribution in [0, 0.1) is 6.92 Å². The number of aromatic nitrogens is 2. The van der Waals surface area contributed by atoms with Gasteiger partial charge in [-0.3, -0.25) is 4.79 Å². The summed E-state index contributed by atoms with van der Waals surface area (Å²) >= 11 is 1.63. The lowest BCUT2D eigenvalue weighted by Gasteiger charge is -2.32. The van der Waals surface area contributed by atoms with E-state index in [0.29, 0.717) is 23.5 Å². The van der Waals surface area contributed by atoms with Crippen LogP contribution in [0.3, 0.4) is 0 Å². The number of carbonyl (C=O) groups excluding carboxylic acids is 2. The van der Waals surface area contributed by atoms with E-state index in [0.717, 1.165) is 24.1 Å². The Morgan fingerprint density at radius 1 is 1.38 bits per heavy atom. The van der Waals surface area contributed by atoms with Gasteiger partial charge in [0, 0.05) is 24.0 Å². The molecule has 1 atom stereocenters. The second kappa shape index (κ2) is 6.60. The Labute approximate surface area is 155 Å². The first-order valence-corrected chi connectivity index (χ1v) is 9.59. The molecular formula is C18H21N5O2S. The molecule has 3 N–H and O–H groups in total. The van der Waals surface area contributed by atoms with Crippen molar-refractivity contribution in [3.8, 4) is 0 Å². The average molecular weight is 371 g/mol. The van der Waals surface area contributed by atoms with Gasteiger partial charge in [0.15, 0.2) is 0 Å². The largest absolute Gasteiger partial charge is 0.348 e. The summed E-state index contributed by atoms with van der Waals surface area (Å²) in [5.41, 5.74) is 3.79. The third-order valence-corrected chi connectivity index (χ3v) is 5.56. The lowest BCUT2D eigenvalue weighted by atomic mass is 9.97. The number of thiophene rings is 1. The molecule has 26 heavy (non-hydrogen) atoms. The van der Waals surface area contributed by atoms with Gasteiger partial charge in [-0.2, -0.15) is 11.3 Å². The number of H-pyrrole nitrogens is 1. The molecule has 1 fully saturated rings. The number of aromatic amines is 1. The van der Waals surface area contributed by atoms with Gasteiger partial charge in [0.1, 0.15) is 6.04 Å². The number of hydrogen-bond acceptors (Lipinski definition) is 4. The van der Waals surface area contributed by atoms with Crippen LogP contribution in [0.15, 0.2) is 34.4 Å². The molecule has 0 bridgehead atoms. The van der Waals surface area contributed by atoms with E-state index in [1.165, 1.54) is 0 Å². The number of nitrogens with one attached hydrogen (secondary N) is 3. The van der Waals surface area contributed by atoms with Gasteiger partial charge in [0.05, 0.1) is 17.6 Å². The molecule has 3 amide bonds. The fourth-order valence-electron chi connectivity index (χ4n) is 3.33. The van der Waals surface area contributed by atoms with Crippen LogP contribution >= 0.6 is 11.3 Å². The molecule has 2 aliphatic rings. The maximum absolute atomic E-state index is 13.5. The second-order valence-corrected chi connectivity index (χ2v) is 7.56. The van der Waals surface area contributed by atoms with Crippen LogP contribution in [-0.4, -0.2) is 32.8 Å². The van der Waals surface area contributed by atoms with Crippen molar-refractivity contribution in [3.05, 3.63) is 51.4 Å². The lowest BCUT2D eigenvalue weighted by molar-refractivity contribution is -0.128. The van der Waals surface area contributed by atoms with E-state index in [2.05, 4.69) is 26.0 Å². The minimum Gasteiger partial charge on any atom is -0.348 e. The molecule has 0 radical (unpaired) electrons. The summed E-state index contributed by atoms with van der Waals surface area (Å²) in [7, 11) is 0. The zero-order chi connectivity index (χ0) is 18.3. The summed E-state index contributed by atoms with van der Waals surface area (Å²) in [4.78, 5) is 34.8. The molecule has 0 spiro atoms. The molecule has 1 saturated carbocycles. The van der Waals surface area contributed by atoms with Crippen LogP contribution in [0.25, 0.3) is 0 Å². The predicted octanol–water partition coefficient (Wildman–Crippen LogP) is 2.60. The number of nitrogens with zero attached hydrogens (tertiary/aromatic N) is 2. The highest BCUT2D eigenvalue weighted by Gasteiger charge is 2.40. The smallest absolute Gasteiger partial charge is 0.319 e. The van der Waals surface area contributed by atoms with E-state index in [9.17, 15) is 9.59 Å². The average Bonchev–Trinajstić information content (AvgIpc) is 3.12. The Balaban J connectivity index is 1.69. The molecule has 4 rings (SSSR count). The van der Waals surface area contributed by atoms with Crippen molar-refractivity contribution in [2.45, 2.75) is 45.3 Å². The number of allylic oxidation sites excluding steroid dienone is 1. The summed E-state index contributed by atoms with van der Waals surface area (Å²) < 4.78 is 0. The molecule has 0 aromatic carbocycles. The molecule has 0 unspecified atom stereocenters. The summed E-state index contributed by atoms with van der Waals surface area (Å²) in [6.07, 6.45) is 3.63. The molecular weight excluding hydrogens is 350 g/mol. The second-order valence-electron chi connectivity index (χ2n) is 6.78. The van der Waals surface area contributed by atoms with Gasteiger partial charge < -0.3 is 20.5 Å². The maximum atomic E-state index is 13.5. The van der Waals surface area contributed by atoms with Crippen LogP contribution in [0.5, 0.6) is 0 Å². The standard InChI is InChI=1S/C18H21N5O2S/c1-10-14(16(22-18(25)21-10)15-11(2)19-9-20-15)17(24)23(13-3-4-13)7-12-5-6-26-8-12/h5-6,8-9,13,16H,3-4,7H2,1-2H3,(H,19,20)(H2,21,22,25)/t16-/m0/s1. The molecule has 8 heteroatoms. The Morgan fingerprint density at radius 3 is 2.81 bits per heavy atom. The van der Waals surface area contributed by atoms with E-state index in [4.69, 9.17) is 0 Å².